The highest BCUT2D eigenvalue weighted by atomic mass is 32.2. The van der Waals surface area contributed by atoms with Crippen LogP contribution in [0.3, 0.4) is 0 Å². The average Bonchev–Trinajstić information content (AvgIpc) is 2.48. The summed E-state index contributed by atoms with van der Waals surface area (Å²) in [6, 6.07) is 2.49. The van der Waals surface area contributed by atoms with E-state index < -0.39 is 22.4 Å². The zero-order valence-electron chi connectivity index (χ0n) is 11.9. The Morgan fingerprint density at radius 2 is 2.19 bits per heavy atom. The first kappa shape index (κ1) is 16.7. The van der Waals surface area contributed by atoms with Gasteiger partial charge in [-0.15, -0.1) is 0 Å². The summed E-state index contributed by atoms with van der Waals surface area (Å²) in [5.41, 5.74) is 0.335. The number of thioether (sulfide) groups is 1. The van der Waals surface area contributed by atoms with Gasteiger partial charge in [0.1, 0.15) is 5.82 Å². The molecule has 1 aromatic carbocycles. The Kier molecular flexibility index (Phi) is 5.65. The Bertz CT molecular complexity index is 598. The molecule has 0 spiro atoms. The molecule has 1 unspecified atom stereocenters. The number of aliphatic hydroxyl groups is 1. The standard InChI is InChI=1S/C14H20FNO3S2/c1-10-13(15)6-11(9-17)7-14(10)21(18,19)16-8-12-4-2-3-5-20-12/h6-7,12,16-17H,2-5,8-9H2,1H3. The number of halogens is 1. The van der Waals surface area contributed by atoms with Gasteiger partial charge in [-0.25, -0.2) is 17.5 Å². The van der Waals surface area contributed by atoms with Crippen LogP contribution < -0.4 is 4.72 Å². The van der Waals surface area contributed by atoms with Gasteiger partial charge in [-0.3, -0.25) is 0 Å². The molecule has 0 saturated carbocycles. The van der Waals surface area contributed by atoms with E-state index in [9.17, 15) is 12.8 Å². The lowest BCUT2D eigenvalue weighted by atomic mass is 10.1. The number of sulfonamides is 1. The molecule has 118 valence electrons. The van der Waals surface area contributed by atoms with Gasteiger partial charge in [0, 0.05) is 17.4 Å². The quantitative estimate of drug-likeness (QED) is 0.867. The normalized spacial score (nSPS) is 19.7. The molecule has 0 amide bonds. The molecule has 1 saturated heterocycles. The molecule has 4 nitrogen and oxygen atoms in total. The van der Waals surface area contributed by atoms with Gasteiger partial charge in [-0.05, 0) is 43.2 Å². The summed E-state index contributed by atoms with van der Waals surface area (Å²) in [5, 5.41) is 9.37. The van der Waals surface area contributed by atoms with Gasteiger partial charge in [-0.1, -0.05) is 6.42 Å². The highest BCUT2D eigenvalue weighted by molar-refractivity contribution is 8.00. The third kappa shape index (κ3) is 4.18. The fourth-order valence-electron chi connectivity index (χ4n) is 2.33. The lowest BCUT2D eigenvalue weighted by Crippen LogP contribution is -2.32. The van der Waals surface area contributed by atoms with Crippen LogP contribution in [0.2, 0.25) is 0 Å². The van der Waals surface area contributed by atoms with Crippen LogP contribution in [0.15, 0.2) is 17.0 Å². The average molecular weight is 333 g/mol. The maximum Gasteiger partial charge on any atom is 0.240 e. The van der Waals surface area contributed by atoms with Crippen LogP contribution in [-0.4, -0.2) is 31.1 Å². The van der Waals surface area contributed by atoms with Crippen LogP contribution in [0.5, 0.6) is 0 Å². The maximum absolute atomic E-state index is 13.7. The smallest absolute Gasteiger partial charge is 0.240 e. The van der Waals surface area contributed by atoms with Gasteiger partial charge < -0.3 is 5.11 Å². The molecule has 0 aliphatic carbocycles. The van der Waals surface area contributed by atoms with Crippen molar-refractivity contribution in [3.8, 4) is 0 Å². The zero-order chi connectivity index (χ0) is 15.5. The first-order valence-electron chi connectivity index (χ1n) is 6.95. The Morgan fingerprint density at radius 1 is 1.43 bits per heavy atom. The summed E-state index contributed by atoms with van der Waals surface area (Å²) in [4.78, 5) is -0.0904. The van der Waals surface area contributed by atoms with Crippen LogP contribution >= 0.6 is 11.8 Å². The first-order valence-corrected chi connectivity index (χ1v) is 9.48. The molecule has 7 heteroatoms. The van der Waals surface area contributed by atoms with E-state index in [1.807, 2.05) is 0 Å². The monoisotopic (exact) mass is 333 g/mol. The van der Waals surface area contributed by atoms with E-state index in [1.165, 1.54) is 19.4 Å². The van der Waals surface area contributed by atoms with Gasteiger partial charge in [0.15, 0.2) is 0 Å². The van der Waals surface area contributed by atoms with Crippen LogP contribution in [-0.2, 0) is 16.6 Å². The van der Waals surface area contributed by atoms with Gasteiger partial charge in [0.2, 0.25) is 10.0 Å². The third-order valence-electron chi connectivity index (χ3n) is 3.60. The molecule has 2 N–H and O–H groups in total. The third-order valence-corrected chi connectivity index (χ3v) is 6.55. The summed E-state index contributed by atoms with van der Waals surface area (Å²) < 4.78 is 41.0. The van der Waals surface area contributed by atoms with Gasteiger partial charge in [0.25, 0.3) is 0 Å². The minimum atomic E-state index is -3.76. The van der Waals surface area contributed by atoms with Gasteiger partial charge in [-0.2, -0.15) is 11.8 Å². The first-order chi connectivity index (χ1) is 9.94. The van der Waals surface area contributed by atoms with E-state index >= 15 is 0 Å². The lowest BCUT2D eigenvalue weighted by Gasteiger charge is -2.21. The minimum absolute atomic E-state index is 0.0796. The molecule has 21 heavy (non-hydrogen) atoms. The minimum Gasteiger partial charge on any atom is -0.392 e. The second kappa shape index (κ2) is 7.09. The fraction of sp³-hybridized carbons (Fsp3) is 0.571. The van der Waals surface area contributed by atoms with E-state index in [-0.39, 0.29) is 21.3 Å². The highest BCUT2D eigenvalue weighted by Gasteiger charge is 2.22. The highest BCUT2D eigenvalue weighted by Crippen LogP contribution is 2.25. The molecule has 1 aromatic rings. The predicted molar refractivity (Wildman–Crippen MR) is 82.3 cm³/mol. The van der Waals surface area contributed by atoms with Crippen molar-refractivity contribution in [3.63, 3.8) is 0 Å². The van der Waals surface area contributed by atoms with Crippen LogP contribution in [0.4, 0.5) is 4.39 Å². The lowest BCUT2D eigenvalue weighted by molar-refractivity contribution is 0.281. The SMILES string of the molecule is Cc1c(F)cc(CO)cc1S(=O)(=O)NCC1CCCCS1. The van der Waals surface area contributed by atoms with Crippen molar-refractivity contribution in [2.45, 2.75) is 42.9 Å². The van der Waals surface area contributed by atoms with E-state index in [0.29, 0.717) is 6.54 Å². The van der Waals surface area contributed by atoms with Crippen LogP contribution in [0, 0.1) is 12.7 Å². The predicted octanol–water partition coefficient (Wildman–Crippen LogP) is 2.19. The fourth-order valence-corrected chi connectivity index (χ4v) is 5.05. The Hall–Kier alpha value is -0.630. The van der Waals surface area contributed by atoms with Crippen molar-refractivity contribution in [3.05, 3.63) is 29.1 Å². The summed E-state index contributed by atoms with van der Waals surface area (Å²) in [6.45, 7) is 1.40. The molecular weight excluding hydrogens is 313 g/mol. The number of benzene rings is 1. The molecule has 0 bridgehead atoms. The van der Waals surface area contributed by atoms with E-state index in [2.05, 4.69) is 4.72 Å². The molecule has 0 aromatic heterocycles. The zero-order valence-corrected chi connectivity index (χ0v) is 13.6. The molecule has 1 atom stereocenters. The summed E-state index contributed by atoms with van der Waals surface area (Å²) in [6.07, 6.45) is 3.29. The van der Waals surface area contributed by atoms with Crippen LogP contribution in [0.1, 0.15) is 30.4 Å². The summed E-state index contributed by atoms with van der Waals surface area (Å²) in [5.74, 6) is 0.439. The number of rotatable bonds is 5. The molecular formula is C14H20FNO3S2. The van der Waals surface area contributed by atoms with Crippen molar-refractivity contribution in [2.75, 3.05) is 12.3 Å². The molecule has 1 aliphatic heterocycles. The maximum atomic E-state index is 13.7. The van der Waals surface area contributed by atoms with E-state index in [1.54, 1.807) is 11.8 Å². The summed E-state index contributed by atoms with van der Waals surface area (Å²) >= 11 is 1.77. The topological polar surface area (TPSA) is 66.4 Å². The molecule has 0 radical (unpaired) electrons. The van der Waals surface area contributed by atoms with Crippen molar-refractivity contribution >= 4 is 21.8 Å². The number of nitrogens with one attached hydrogen (secondary N) is 1. The van der Waals surface area contributed by atoms with Crippen molar-refractivity contribution in [1.29, 1.82) is 0 Å². The van der Waals surface area contributed by atoms with Crippen molar-refractivity contribution in [1.82, 2.24) is 4.72 Å². The van der Waals surface area contributed by atoms with E-state index in [4.69, 9.17) is 5.11 Å². The molecule has 1 aliphatic rings. The molecule has 2 rings (SSSR count). The second-order valence-electron chi connectivity index (χ2n) is 5.20. The number of aliphatic hydroxyl groups excluding tert-OH is 1. The second-order valence-corrected chi connectivity index (χ2v) is 8.34. The number of hydrogen-bond acceptors (Lipinski definition) is 4. The van der Waals surface area contributed by atoms with Crippen LogP contribution in [0.25, 0.3) is 0 Å². The molecule has 1 heterocycles. The van der Waals surface area contributed by atoms with Crippen molar-refractivity contribution in [2.24, 2.45) is 0 Å². The van der Waals surface area contributed by atoms with Crippen molar-refractivity contribution < 1.29 is 17.9 Å². The Morgan fingerprint density at radius 3 is 2.81 bits per heavy atom. The number of hydrogen-bond donors (Lipinski definition) is 2. The largest absolute Gasteiger partial charge is 0.392 e. The van der Waals surface area contributed by atoms with Gasteiger partial charge >= 0.3 is 0 Å². The Labute approximate surface area is 129 Å². The molecule has 1 fully saturated rings. The summed E-state index contributed by atoms with van der Waals surface area (Å²) in [7, 11) is -3.76. The van der Waals surface area contributed by atoms with Gasteiger partial charge in [0.05, 0.1) is 11.5 Å². The van der Waals surface area contributed by atoms with E-state index in [0.717, 1.165) is 24.7 Å². The Balaban J connectivity index is 2.16.